The monoisotopic (exact) mass is 392 g/mol. The molecule has 0 spiro atoms. The number of benzene rings is 2. The summed E-state index contributed by atoms with van der Waals surface area (Å²) in [6.07, 6.45) is 0. The van der Waals surface area contributed by atoms with Crippen molar-refractivity contribution in [1.82, 2.24) is 5.16 Å². The third-order valence-electron chi connectivity index (χ3n) is 3.76. The molecule has 1 N–H and O–H groups in total. The highest BCUT2D eigenvalue weighted by molar-refractivity contribution is 6.04. The standard InChI is InChI=1S/C19H15F3N2O4/c1-11-12(10-26-15-8-4-2-6-13(15)20)17(24-28-11)18(25)23-14-7-3-5-9-16(14)27-19(21)22/h2-9,19H,10H2,1H3,(H,23,25). The minimum atomic E-state index is -3.04. The molecular weight excluding hydrogens is 377 g/mol. The van der Waals surface area contributed by atoms with Crippen molar-refractivity contribution in [3.63, 3.8) is 0 Å². The SMILES string of the molecule is Cc1onc(C(=O)Nc2ccccc2OC(F)F)c1COc1ccccc1F. The van der Waals surface area contributed by atoms with E-state index in [4.69, 9.17) is 9.26 Å². The van der Waals surface area contributed by atoms with E-state index in [2.05, 4.69) is 15.2 Å². The van der Waals surface area contributed by atoms with E-state index in [1.165, 1.54) is 36.4 Å². The van der Waals surface area contributed by atoms with Crippen molar-refractivity contribution >= 4 is 11.6 Å². The van der Waals surface area contributed by atoms with Gasteiger partial charge in [-0.05, 0) is 31.2 Å². The molecular formula is C19H15F3N2O4. The number of halogens is 3. The van der Waals surface area contributed by atoms with Crippen molar-refractivity contribution in [2.45, 2.75) is 20.1 Å². The predicted octanol–water partition coefficient (Wildman–Crippen LogP) is 4.55. The smallest absolute Gasteiger partial charge is 0.387 e. The molecule has 1 amide bonds. The zero-order valence-electron chi connectivity index (χ0n) is 14.6. The Balaban J connectivity index is 1.78. The zero-order chi connectivity index (χ0) is 20.1. The topological polar surface area (TPSA) is 73.6 Å². The zero-order valence-corrected chi connectivity index (χ0v) is 14.6. The number of anilines is 1. The molecule has 0 bridgehead atoms. The number of hydrogen-bond donors (Lipinski definition) is 1. The molecule has 2 aromatic carbocycles. The second-order valence-corrected chi connectivity index (χ2v) is 5.61. The van der Waals surface area contributed by atoms with Crippen LogP contribution in [0.1, 0.15) is 21.8 Å². The van der Waals surface area contributed by atoms with Crippen molar-refractivity contribution in [2.24, 2.45) is 0 Å². The fourth-order valence-electron chi connectivity index (χ4n) is 2.40. The Morgan fingerprint density at radius 1 is 1.14 bits per heavy atom. The fraction of sp³-hybridized carbons (Fsp3) is 0.158. The first-order chi connectivity index (χ1) is 13.5. The molecule has 9 heteroatoms. The molecule has 1 heterocycles. The molecule has 0 fully saturated rings. The van der Waals surface area contributed by atoms with Gasteiger partial charge in [-0.15, -0.1) is 0 Å². The first kappa shape index (κ1) is 19.3. The lowest BCUT2D eigenvalue weighted by Crippen LogP contribution is -2.16. The Kier molecular flexibility index (Phi) is 5.83. The van der Waals surface area contributed by atoms with Crippen molar-refractivity contribution in [3.8, 4) is 11.5 Å². The number of rotatable bonds is 7. The largest absolute Gasteiger partial charge is 0.486 e. The molecule has 3 aromatic rings. The van der Waals surface area contributed by atoms with Crippen LogP contribution in [0.4, 0.5) is 18.9 Å². The van der Waals surface area contributed by atoms with E-state index >= 15 is 0 Å². The molecule has 0 atom stereocenters. The maximum atomic E-state index is 13.7. The number of carbonyl (C=O) groups is 1. The van der Waals surface area contributed by atoms with Crippen molar-refractivity contribution in [2.75, 3.05) is 5.32 Å². The van der Waals surface area contributed by atoms with Crippen molar-refractivity contribution < 1.29 is 32.0 Å². The second-order valence-electron chi connectivity index (χ2n) is 5.61. The van der Waals surface area contributed by atoms with Gasteiger partial charge in [0.2, 0.25) is 0 Å². The minimum absolute atomic E-state index is 0.00476. The van der Waals surface area contributed by atoms with E-state index in [0.29, 0.717) is 11.3 Å². The quantitative estimate of drug-likeness (QED) is 0.638. The van der Waals surface area contributed by atoms with E-state index < -0.39 is 18.3 Å². The minimum Gasteiger partial charge on any atom is -0.486 e. The number of nitrogens with zero attached hydrogens (tertiary/aromatic N) is 1. The van der Waals surface area contributed by atoms with E-state index in [9.17, 15) is 18.0 Å². The van der Waals surface area contributed by atoms with Gasteiger partial charge in [0.1, 0.15) is 18.1 Å². The highest BCUT2D eigenvalue weighted by atomic mass is 19.3. The molecule has 0 saturated heterocycles. The second kappa shape index (κ2) is 8.47. The van der Waals surface area contributed by atoms with Gasteiger partial charge in [0.15, 0.2) is 17.3 Å². The maximum absolute atomic E-state index is 13.7. The summed E-state index contributed by atoms with van der Waals surface area (Å²) in [6.45, 7) is -1.65. The number of para-hydroxylation sites is 3. The Morgan fingerprint density at radius 2 is 1.82 bits per heavy atom. The van der Waals surface area contributed by atoms with Gasteiger partial charge < -0.3 is 19.3 Å². The van der Waals surface area contributed by atoms with Gasteiger partial charge in [-0.3, -0.25) is 4.79 Å². The predicted molar refractivity (Wildman–Crippen MR) is 93.0 cm³/mol. The van der Waals surface area contributed by atoms with Crippen LogP contribution in [-0.2, 0) is 6.61 Å². The Hall–Kier alpha value is -3.49. The van der Waals surface area contributed by atoms with E-state index in [-0.39, 0.29) is 29.5 Å². The lowest BCUT2D eigenvalue weighted by molar-refractivity contribution is -0.0493. The summed E-state index contributed by atoms with van der Waals surface area (Å²) in [5, 5.41) is 6.13. The number of amides is 1. The van der Waals surface area contributed by atoms with Crippen molar-refractivity contribution in [1.29, 1.82) is 0 Å². The van der Waals surface area contributed by atoms with Crippen LogP contribution in [0.15, 0.2) is 53.1 Å². The summed E-state index contributed by atoms with van der Waals surface area (Å²) in [7, 11) is 0. The Morgan fingerprint density at radius 3 is 2.54 bits per heavy atom. The highest BCUT2D eigenvalue weighted by Gasteiger charge is 2.22. The molecule has 0 aliphatic carbocycles. The van der Waals surface area contributed by atoms with Crippen LogP contribution in [-0.4, -0.2) is 17.7 Å². The van der Waals surface area contributed by atoms with Crippen LogP contribution in [0.25, 0.3) is 0 Å². The average molecular weight is 392 g/mol. The lowest BCUT2D eigenvalue weighted by atomic mass is 10.2. The summed E-state index contributed by atoms with van der Waals surface area (Å²) >= 11 is 0. The third-order valence-corrected chi connectivity index (χ3v) is 3.76. The summed E-state index contributed by atoms with van der Waals surface area (Å²) in [6, 6.07) is 11.5. The molecule has 3 rings (SSSR count). The van der Waals surface area contributed by atoms with Gasteiger partial charge in [-0.1, -0.05) is 29.4 Å². The molecule has 146 valence electrons. The van der Waals surface area contributed by atoms with Gasteiger partial charge in [0.05, 0.1) is 11.3 Å². The number of hydrogen-bond acceptors (Lipinski definition) is 5. The van der Waals surface area contributed by atoms with Crippen LogP contribution in [0, 0.1) is 12.7 Å². The van der Waals surface area contributed by atoms with Crippen molar-refractivity contribution in [3.05, 3.63) is 71.4 Å². The lowest BCUT2D eigenvalue weighted by Gasteiger charge is -2.11. The number of aryl methyl sites for hydroxylation is 1. The number of carbonyl (C=O) groups excluding carboxylic acids is 1. The molecule has 0 aliphatic heterocycles. The fourth-order valence-corrected chi connectivity index (χ4v) is 2.40. The van der Waals surface area contributed by atoms with Crippen LogP contribution in [0.5, 0.6) is 11.5 Å². The number of ether oxygens (including phenoxy) is 2. The first-order valence-corrected chi connectivity index (χ1v) is 8.13. The van der Waals surface area contributed by atoms with Crippen LogP contribution in [0.2, 0.25) is 0 Å². The van der Waals surface area contributed by atoms with Gasteiger partial charge in [0.25, 0.3) is 5.91 Å². The normalized spacial score (nSPS) is 10.8. The number of alkyl halides is 2. The summed E-state index contributed by atoms with van der Waals surface area (Å²) < 4.78 is 53.5. The molecule has 0 aliphatic rings. The third kappa shape index (κ3) is 4.43. The van der Waals surface area contributed by atoms with Crippen LogP contribution < -0.4 is 14.8 Å². The van der Waals surface area contributed by atoms with Gasteiger partial charge >= 0.3 is 6.61 Å². The summed E-state index contributed by atoms with van der Waals surface area (Å²) in [5.41, 5.74) is 0.225. The Bertz CT molecular complexity index is 975. The van der Waals surface area contributed by atoms with Gasteiger partial charge in [-0.2, -0.15) is 8.78 Å². The first-order valence-electron chi connectivity index (χ1n) is 8.13. The summed E-state index contributed by atoms with van der Waals surface area (Å²) in [5.74, 6) is -1.16. The van der Waals surface area contributed by atoms with Gasteiger partial charge in [0, 0.05) is 0 Å². The molecule has 0 radical (unpaired) electrons. The highest BCUT2D eigenvalue weighted by Crippen LogP contribution is 2.27. The van der Waals surface area contributed by atoms with Crippen LogP contribution >= 0.6 is 0 Å². The van der Waals surface area contributed by atoms with Gasteiger partial charge in [-0.25, -0.2) is 4.39 Å². The molecule has 28 heavy (non-hydrogen) atoms. The van der Waals surface area contributed by atoms with E-state index in [0.717, 1.165) is 0 Å². The van der Waals surface area contributed by atoms with E-state index in [1.54, 1.807) is 19.1 Å². The number of nitrogens with one attached hydrogen (secondary N) is 1. The van der Waals surface area contributed by atoms with Crippen LogP contribution in [0.3, 0.4) is 0 Å². The summed E-state index contributed by atoms with van der Waals surface area (Å²) in [4.78, 5) is 12.6. The number of aromatic nitrogens is 1. The molecule has 0 saturated carbocycles. The average Bonchev–Trinajstić information content (AvgIpc) is 3.03. The molecule has 1 aromatic heterocycles. The molecule has 6 nitrogen and oxygen atoms in total. The molecule has 0 unspecified atom stereocenters. The van der Waals surface area contributed by atoms with E-state index in [1.807, 2.05) is 0 Å². The Labute approximate surface area is 157 Å². The maximum Gasteiger partial charge on any atom is 0.387 e.